The first-order valence-electron chi connectivity index (χ1n) is 10.7. The number of aliphatic hydroxyl groups excluding tert-OH is 1. The van der Waals surface area contributed by atoms with Crippen molar-refractivity contribution in [1.82, 2.24) is 4.90 Å². The van der Waals surface area contributed by atoms with E-state index in [4.69, 9.17) is 10.00 Å². The van der Waals surface area contributed by atoms with Crippen molar-refractivity contribution in [3.63, 3.8) is 0 Å². The van der Waals surface area contributed by atoms with Crippen molar-refractivity contribution in [2.45, 2.75) is 50.7 Å². The van der Waals surface area contributed by atoms with Crippen LogP contribution in [0.2, 0.25) is 0 Å². The molecule has 1 unspecified atom stereocenters. The predicted octanol–water partition coefficient (Wildman–Crippen LogP) is 4.15. The van der Waals surface area contributed by atoms with Crippen LogP contribution in [0.3, 0.4) is 0 Å². The van der Waals surface area contributed by atoms with E-state index in [0.717, 1.165) is 63.1 Å². The molecule has 0 radical (unpaired) electrons. The molecule has 4 nitrogen and oxygen atoms in total. The maximum Gasteiger partial charge on any atom is 0.126 e. The monoisotopic (exact) mass is 388 g/mol. The van der Waals surface area contributed by atoms with Gasteiger partial charge in [0.15, 0.2) is 0 Å². The number of aliphatic hydroxyl groups is 1. The molecular formula is C25H28N2O2. The summed E-state index contributed by atoms with van der Waals surface area (Å²) in [5, 5.41) is 20.2. The number of piperidine rings is 1. The maximum atomic E-state index is 11.2. The van der Waals surface area contributed by atoms with Crippen molar-refractivity contribution in [2.24, 2.45) is 5.41 Å². The fraction of sp³-hybridized carbons (Fsp3) is 0.480. The summed E-state index contributed by atoms with van der Waals surface area (Å²) in [4.78, 5) is 2.51. The number of rotatable bonds is 3. The largest absolute Gasteiger partial charge is 0.486 e. The van der Waals surface area contributed by atoms with Gasteiger partial charge < -0.3 is 14.7 Å². The van der Waals surface area contributed by atoms with E-state index in [1.807, 2.05) is 18.2 Å². The molecule has 150 valence electrons. The fourth-order valence-electron chi connectivity index (χ4n) is 5.47. The Morgan fingerprint density at radius 3 is 2.48 bits per heavy atom. The highest BCUT2D eigenvalue weighted by Crippen LogP contribution is 2.68. The van der Waals surface area contributed by atoms with Crippen LogP contribution in [0.4, 0.5) is 0 Å². The van der Waals surface area contributed by atoms with Gasteiger partial charge in [0.1, 0.15) is 11.4 Å². The first kappa shape index (κ1) is 18.7. The Bertz CT molecular complexity index is 948. The van der Waals surface area contributed by atoms with Gasteiger partial charge in [-0.3, -0.25) is 0 Å². The summed E-state index contributed by atoms with van der Waals surface area (Å²) < 4.78 is 6.68. The molecule has 2 aliphatic heterocycles. The van der Waals surface area contributed by atoms with Gasteiger partial charge in [-0.1, -0.05) is 23.8 Å². The third-order valence-corrected chi connectivity index (χ3v) is 7.45. The molecule has 2 heterocycles. The van der Waals surface area contributed by atoms with Gasteiger partial charge in [-0.15, -0.1) is 0 Å². The van der Waals surface area contributed by atoms with E-state index in [1.54, 1.807) is 0 Å². The Hall–Kier alpha value is -2.35. The zero-order valence-corrected chi connectivity index (χ0v) is 17.0. The van der Waals surface area contributed by atoms with Crippen LogP contribution < -0.4 is 4.74 Å². The number of likely N-dealkylation sites (tertiary alicyclic amines) is 1. The van der Waals surface area contributed by atoms with E-state index in [1.165, 1.54) is 11.1 Å². The van der Waals surface area contributed by atoms with Crippen molar-refractivity contribution >= 4 is 0 Å². The van der Waals surface area contributed by atoms with Gasteiger partial charge in [-0.05, 0) is 56.0 Å². The molecule has 1 saturated heterocycles. The molecule has 1 N–H and O–H groups in total. The smallest absolute Gasteiger partial charge is 0.126 e. The lowest BCUT2D eigenvalue weighted by Gasteiger charge is -2.52. The first-order chi connectivity index (χ1) is 14.1. The van der Waals surface area contributed by atoms with Gasteiger partial charge in [0, 0.05) is 43.5 Å². The molecule has 0 bridgehead atoms. The molecular weight excluding hydrogens is 360 g/mol. The Kier molecular flexibility index (Phi) is 4.42. The highest BCUT2D eigenvalue weighted by atomic mass is 16.5. The van der Waals surface area contributed by atoms with Gasteiger partial charge >= 0.3 is 0 Å². The Balaban J connectivity index is 1.27. The van der Waals surface area contributed by atoms with Crippen LogP contribution in [0, 0.1) is 23.7 Å². The van der Waals surface area contributed by atoms with Gasteiger partial charge in [-0.2, -0.15) is 5.26 Å². The molecule has 2 spiro atoms. The second-order valence-electron chi connectivity index (χ2n) is 9.10. The van der Waals surface area contributed by atoms with Crippen LogP contribution in [0.5, 0.6) is 5.75 Å². The summed E-state index contributed by atoms with van der Waals surface area (Å²) >= 11 is 0. The quantitative estimate of drug-likeness (QED) is 0.858. The van der Waals surface area contributed by atoms with E-state index in [-0.39, 0.29) is 11.0 Å². The van der Waals surface area contributed by atoms with E-state index < -0.39 is 6.10 Å². The summed E-state index contributed by atoms with van der Waals surface area (Å²) in [5.41, 5.74) is 3.84. The van der Waals surface area contributed by atoms with Crippen LogP contribution in [-0.2, 0) is 6.42 Å². The summed E-state index contributed by atoms with van der Waals surface area (Å²) in [6.45, 7) is 5.11. The lowest BCUT2D eigenvalue weighted by atomic mass is 9.69. The van der Waals surface area contributed by atoms with Gasteiger partial charge in [-0.25, -0.2) is 0 Å². The SMILES string of the molecule is Cc1ccc2c(c1)C(O)C1(CC1)C1(CCN(CCc3ccc(C#N)cc3)CC1)O2. The van der Waals surface area contributed by atoms with Crippen molar-refractivity contribution in [3.05, 3.63) is 64.7 Å². The Morgan fingerprint density at radius 1 is 1.10 bits per heavy atom. The molecule has 4 heteroatoms. The van der Waals surface area contributed by atoms with Crippen LogP contribution in [-0.4, -0.2) is 35.2 Å². The predicted molar refractivity (Wildman–Crippen MR) is 112 cm³/mol. The normalized spacial score (nSPS) is 24.0. The van der Waals surface area contributed by atoms with Crippen molar-refractivity contribution in [3.8, 4) is 11.8 Å². The van der Waals surface area contributed by atoms with Gasteiger partial charge in [0.05, 0.1) is 17.7 Å². The van der Waals surface area contributed by atoms with Crippen molar-refractivity contribution < 1.29 is 9.84 Å². The minimum Gasteiger partial charge on any atom is -0.486 e. The molecule has 3 aliphatic rings. The van der Waals surface area contributed by atoms with E-state index in [0.29, 0.717) is 5.56 Å². The van der Waals surface area contributed by atoms with Crippen molar-refractivity contribution in [2.75, 3.05) is 19.6 Å². The zero-order chi connectivity index (χ0) is 20.1. The average Bonchev–Trinajstić information content (AvgIpc) is 3.56. The van der Waals surface area contributed by atoms with Crippen molar-refractivity contribution in [1.29, 1.82) is 5.26 Å². The molecule has 1 atom stereocenters. The van der Waals surface area contributed by atoms with E-state index in [9.17, 15) is 5.11 Å². The second kappa shape index (κ2) is 6.86. The number of ether oxygens (including phenoxy) is 1. The minimum atomic E-state index is -0.406. The number of hydrogen-bond acceptors (Lipinski definition) is 4. The first-order valence-corrected chi connectivity index (χ1v) is 10.7. The zero-order valence-electron chi connectivity index (χ0n) is 17.0. The number of nitriles is 1. The Labute approximate surface area is 172 Å². The molecule has 1 saturated carbocycles. The number of aryl methyl sites for hydroxylation is 1. The summed E-state index contributed by atoms with van der Waals surface area (Å²) in [6, 6.07) is 16.3. The van der Waals surface area contributed by atoms with Crippen LogP contribution in [0.1, 0.15) is 54.0 Å². The molecule has 1 aliphatic carbocycles. The molecule has 29 heavy (non-hydrogen) atoms. The van der Waals surface area contributed by atoms with Crippen LogP contribution in [0.25, 0.3) is 0 Å². The molecule has 0 amide bonds. The number of benzene rings is 2. The molecule has 0 aromatic heterocycles. The number of nitrogens with zero attached hydrogens (tertiary/aromatic N) is 2. The van der Waals surface area contributed by atoms with Gasteiger partial charge in [0.2, 0.25) is 0 Å². The standard InChI is InChI=1S/C25H28N2O2/c1-18-2-7-22-21(16-18)23(28)24(9-10-24)25(29-22)11-14-27(15-12-25)13-8-19-3-5-20(17-26)6-4-19/h2-7,16,23,28H,8-15H2,1H3. The third-order valence-electron chi connectivity index (χ3n) is 7.45. The highest BCUT2D eigenvalue weighted by Gasteiger charge is 2.67. The number of fused-ring (bicyclic) bond motifs is 2. The van der Waals surface area contributed by atoms with Crippen LogP contribution in [0.15, 0.2) is 42.5 Å². The van der Waals surface area contributed by atoms with E-state index in [2.05, 4.69) is 42.2 Å². The fourth-order valence-corrected chi connectivity index (χ4v) is 5.47. The molecule has 2 aromatic carbocycles. The highest BCUT2D eigenvalue weighted by molar-refractivity contribution is 5.44. The molecule has 2 aromatic rings. The second-order valence-corrected chi connectivity index (χ2v) is 9.10. The summed E-state index contributed by atoms with van der Waals surface area (Å²) in [7, 11) is 0. The minimum absolute atomic E-state index is 0.0903. The van der Waals surface area contributed by atoms with Gasteiger partial charge in [0.25, 0.3) is 0 Å². The summed E-state index contributed by atoms with van der Waals surface area (Å²) in [6.07, 6.45) is 4.67. The van der Waals surface area contributed by atoms with E-state index >= 15 is 0 Å². The lowest BCUT2D eigenvalue weighted by Crippen LogP contribution is -2.57. The lowest BCUT2D eigenvalue weighted by molar-refractivity contribution is -0.122. The molecule has 5 rings (SSSR count). The average molecular weight is 389 g/mol. The topological polar surface area (TPSA) is 56.5 Å². The maximum absolute atomic E-state index is 11.2. The van der Waals surface area contributed by atoms with Crippen LogP contribution >= 0.6 is 0 Å². The molecule has 2 fully saturated rings. The summed E-state index contributed by atoms with van der Waals surface area (Å²) in [5.74, 6) is 0.881. The number of hydrogen-bond donors (Lipinski definition) is 1. The Morgan fingerprint density at radius 2 is 1.83 bits per heavy atom. The third kappa shape index (κ3) is 3.04.